The molecular weight excluding hydrogens is 336 g/mol. The van der Waals surface area contributed by atoms with Crippen LogP contribution in [0.25, 0.3) is 10.1 Å². The van der Waals surface area contributed by atoms with Gasteiger partial charge in [-0.05, 0) is 36.5 Å². The van der Waals surface area contributed by atoms with Crippen molar-refractivity contribution < 1.29 is 9.59 Å². The first-order chi connectivity index (χ1) is 12.0. The second-order valence-electron chi connectivity index (χ2n) is 6.89. The lowest BCUT2D eigenvalue weighted by molar-refractivity contribution is 0.0662. The summed E-state index contributed by atoms with van der Waals surface area (Å²) in [5.74, 6) is 0.382. The molecule has 2 aromatic rings. The molecule has 1 aliphatic rings. The van der Waals surface area contributed by atoms with E-state index in [1.54, 1.807) is 9.80 Å². The molecule has 0 unspecified atom stereocenters. The maximum Gasteiger partial charge on any atom is 0.317 e. The topological polar surface area (TPSA) is 65.5 Å². The minimum absolute atomic E-state index is 0.0425. The lowest BCUT2D eigenvalue weighted by Gasteiger charge is -2.34. The number of aryl methyl sites for hydroxylation is 1. The third-order valence-corrected chi connectivity index (χ3v) is 5.17. The fraction of sp³-hybridized carbons (Fsp3) is 0.500. The second kappa shape index (κ2) is 7.39. The zero-order chi connectivity index (χ0) is 18.0. The van der Waals surface area contributed by atoms with E-state index >= 15 is 0 Å². The number of aromatic nitrogens is 1. The van der Waals surface area contributed by atoms with E-state index in [0.717, 1.165) is 15.6 Å². The molecular formula is C18H24N4O2S. The van der Waals surface area contributed by atoms with Crippen molar-refractivity contribution in [3.8, 4) is 0 Å². The van der Waals surface area contributed by atoms with Crippen LogP contribution < -0.4 is 5.32 Å². The number of nitrogens with one attached hydrogen (secondary N) is 1. The Balaban J connectivity index is 1.63. The highest BCUT2D eigenvalue weighted by Gasteiger charge is 2.27. The Morgan fingerprint density at radius 2 is 1.88 bits per heavy atom. The molecule has 7 heteroatoms. The van der Waals surface area contributed by atoms with E-state index in [0.29, 0.717) is 44.3 Å². The van der Waals surface area contributed by atoms with Crippen LogP contribution in [0.3, 0.4) is 0 Å². The number of benzene rings is 1. The molecule has 0 aliphatic carbocycles. The number of hydrogen-bond acceptors (Lipinski definition) is 4. The predicted octanol–water partition coefficient (Wildman–Crippen LogP) is 2.73. The molecule has 1 aromatic carbocycles. The van der Waals surface area contributed by atoms with Crippen LogP contribution in [0.4, 0.5) is 4.79 Å². The van der Waals surface area contributed by atoms with Gasteiger partial charge in [-0.15, -0.1) is 0 Å². The fourth-order valence-corrected chi connectivity index (χ4v) is 3.62. The zero-order valence-electron chi connectivity index (χ0n) is 14.9. The minimum Gasteiger partial charge on any atom is -0.338 e. The van der Waals surface area contributed by atoms with Crippen LogP contribution in [0, 0.1) is 12.8 Å². The van der Waals surface area contributed by atoms with Gasteiger partial charge in [-0.3, -0.25) is 4.79 Å². The van der Waals surface area contributed by atoms with Gasteiger partial charge < -0.3 is 15.1 Å². The highest BCUT2D eigenvalue weighted by Crippen LogP contribution is 2.25. The fourth-order valence-electron chi connectivity index (χ4n) is 2.87. The van der Waals surface area contributed by atoms with Gasteiger partial charge in [0.15, 0.2) is 0 Å². The molecule has 0 saturated carbocycles. The minimum atomic E-state index is -0.0458. The van der Waals surface area contributed by atoms with Crippen molar-refractivity contribution in [3.05, 3.63) is 29.5 Å². The molecule has 0 bridgehead atoms. The number of amides is 3. The van der Waals surface area contributed by atoms with Crippen molar-refractivity contribution in [1.29, 1.82) is 0 Å². The SMILES string of the molecule is Cc1ccc2snc(C(=O)N3CCN(C(=O)NCC(C)C)CC3)c2c1. The molecule has 0 spiro atoms. The van der Waals surface area contributed by atoms with E-state index in [9.17, 15) is 9.59 Å². The van der Waals surface area contributed by atoms with Crippen molar-refractivity contribution in [1.82, 2.24) is 19.5 Å². The Hall–Kier alpha value is -2.15. The molecule has 6 nitrogen and oxygen atoms in total. The Labute approximate surface area is 152 Å². The van der Waals surface area contributed by atoms with Crippen LogP contribution in [0.1, 0.15) is 29.9 Å². The third kappa shape index (κ3) is 3.92. The normalized spacial score (nSPS) is 15.0. The van der Waals surface area contributed by atoms with E-state index in [4.69, 9.17) is 0 Å². The van der Waals surface area contributed by atoms with Gasteiger partial charge in [0.05, 0.1) is 4.70 Å². The number of urea groups is 1. The van der Waals surface area contributed by atoms with E-state index in [1.165, 1.54) is 11.5 Å². The van der Waals surface area contributed by atoms with E-state index in [2.05, 4.69) is 23.5 Å². The maximum atomic E-state index is 12.8. The Morgan fingerprint density at radius 1 is 1.20 bits per heavy atom. The van der Waals surface area contributed by atoms with Crippen LogP contribution in [0.5, 0.6) is 0 Å². The van der Waals surface area contributed by atoms with Gasteiger partial charge in [0, 0.05) is 38.1 Å². The molecule has 1 fully saturated rings. The molecule has 3 amide bonds. The first-order valence-corrected chi connectivity index (χ1v) is 9.41. The molecule has 25 heavy (non-hydrogen) atoms. The van der Waals surface area contributed by atoms with Crippen molar-refractivity contribution in [2.24, 2.45) is 5.92 Å². The first-order valence-electron chi connectivity index (χ1n) is 8.64. The summed E-state index contributed by atoms with van der Waals surface area (Å²) in [6.07, 6.45) is 0. The standard InChI is InChI=1S/C18H24N4O2S/c1-12(2)11-19-18(24)22-8-6-21(7-9-22)17(23)16-14-10-13(3)4-5-15(14)25-20-16/h4-5,10,12H,6-9,11H2,1-3H3,(H,19,24). The maximum absolute atomic E-state index is 12.8. The zero-order valence-corrected chi connectivity index (χ0v) is 15.7. The molecule has 134 valence electrons. The Bertz CT molecular complexity index is 778. The quantitative estimate of drug-likeness (QED) is 0.915. The molecule has 1 aromatic heterocycles. The highest BCUT2D eigenvalue weighted by molar-refractivity contribution is 7.13. The van der Waals surface area contributed by atoms with Gasteiger partial charge in [0.1, 0.15) is 5.69 Å². The van der Waals surface area contributed by atoms with Gasteiger partial charge in [-0.25, -0.2) is 4.79 Å². The van der Waals surface area contributed by atoms with Crippen molar-refractivity contribution >= 4 is 33.6 Å². The van der Waals surface area contributed by atoms with Crippen molar-refractivity contribution in [2.45, 2.75) is 20.8 Å². The lowest BCUT2D eigenvalue weighted by atomic mass is 10.1. The molecule has 0 atom stereocenters. The summed E-state index contributed by atoms with van der Waals surface area (Å²) in [5.41, 5.74) is 1.65. The summed E-state index contributed by atoms with van der Waals surface area (Å²) in [7, 11) is 0. The largest absolute Gasteiger partial charge is 0.338 e. The van der Waals surface area contributed by atoms with Crippen LogP contribution in [0.15, 0.2) is 18.2 Å². The van der Waals surface area contributed by atoms with Gasteiger partial charge in [0.25, 0.3) is 5.91 Å². The highest BCUT2D eigenvalue weighted by atomic mass is 32.1. The Morgan fingerprint density at radius 3 is 2.56 bits per heavy atom. The molecule has 0 radical (unpaired) electrons. The summed E-state index contributed by atoms with van der Waals surface area (Å²) < 4.78 is 5.40. The van der Waals surface area contributed by atoms with Crippen molar-refractivity contribution in [3.63, 3.8) is 0 Å². The molecule has 1 N–H and O–H groups in total. The van der Waals surface area contributed by atoms with Gasteiger partial charge in [0.2, 0.25) is 0 Å². The number of rotatable bonds is 3. The van der Waals surface area contributed by atoms with E-state index in [1.807, 2.05) is 25.1 Å². The first kappa shape index (κ1) is 17.7. The summed E-state index contributed by atoms with van der Waals surface area (Å²) in [4.78, 5) is 28.5. The van der Waals surface area contributed by atoms with Crippen LogP contribution in [0.2, 0.25) is 0 Å². The average molecular weight is 360 g/mol. The number of piperazine rings is 1. The van der Waals surface area contributed by atoms with E-state index in [-0.39, 0.29) is 11.9 Å². The number of carbonyl (C=O) groups is 2. The molecule has 2 heterocycles. The number of nitrogens with zero attached hydrogens (tertiary/aromatic N) is 3. The molecule has 1 saturated heterocycles. The van der Waals surface area contributed by atoms with Gasteiger partial charge in [-0.2, -0.15) is 4.37 Å². The van der Waals surface area contributed by atoms with E-state index < -0.39 is 0 Å². The van der Waals surface area contributed by atoms with Crippen LogP contribution >= 0.6 is 11.5 Å². The number of carbonyl (C=O) groups excluding carboxylic acids is 2. The molecule has 1 aliphatic heterocycles. The number of hydrogen-bond donors (Lipinski definition) is 1. The summed E-state index contributed by atoms with van der Waals surface area (Å²) in [6.45, 7) is 9.00. The lowest BCUT2D eigenvalue weighted by Crippen LogP contribution is -2.53. The third-order valence-electron chi connectivity index (χ3n) is 4.34. The molecule has 3 rings (SSSR count). The Kier molecular flexibility index (Phi) is 5.22. The average Bonchev–Trinajstić information content (AvgIpc) is 3.02. The second-order valence-corrected chi connectivity index (χ2v) is 7.69. The van der Waals surface area contributed by atoms with Crippen LogP contribution in [-0.2, 0) is 0 Å². The van der Waals surface area contributed by atoms with Crippen LogP contribution in [-0.4, -0.2) is 58.8 Å². The summed E-state index contributed by atoms with van der Waals surface area (Å²) >= 11 is 1.36. The monoisotopic (exact) mass is 360 g/mol. The van der Waals surface area contributed by atoms with Crippen molar-refractivity contribution in [2.75, 3.05) is 32.7 Å². The smallest absolute Gasteiger partial charge is 0.317 e. The summed E-state index contributed by atoms with van der Waals surface area (Å²) in [6, 6.07) is 6.01. The summed E-state index contributed by atoms with van der Waals surface area (Å²) in [5, 5.41) is 3.85. The number of fused-ring (bicyclic) bond motifs is 1. The van der Waals surface area contributed by atoms with Gasteiger partial charge >= 0.3 is 6.03 Å². The predicted molar refractivity (Wildman–Crippen MR) is 100 cm³/mol. The van der Waals surface area contributed by atoms with Gasteiger partial charge in [-0.1, -0.05) is 25.5 Å².